The predicted molar refractivity (Wildman–Crippen MR) is 89.5 cm³/mol. The zero-order chi connectivity index (χ0) is 15.9. The van der Waals surface area contributed by atoms with Crippen molar-refractivity contribution in [3.8, 4) is 17.2 Å². The maximum Gasteiger partial charge on any atom is 0.142 e. The van der Waals surface area contributed by atoms with E-state index in [9.17, 15) is 5.26 Å². The molecule has 0 bridgehead atoms. The van der Waals surface area contributed by atoms with E-state index >= 15 is 0 Å². The molecule has 1 atom stereocenters. The quantitative estimate of drug-likeness (QED) is 0.865. The van der Waals surface area contributed by atoms with Gasteiger partial charge in [-0.15, -0.1) is 0 Å². The number of aromatic nitrogens is 1. The summed E-state index contributed by atoms with van der Waals surface area (Å²) in [4.78, 5) is 4.51. The second-order valence-corrected chi connectivity index (χ2v) is 6.45. The van der Waals surface area contributed by atoms with Crippen LogP contribution < -0.4 is 5.73 Å². The molecule has 1 aromatic carbocycles. The number of nitrogens with zero attached hydrogens (tertiary/aromatic N) is 2. The molecule has 0 radical (unpaired) electrons. The molecule has 0 fully saturated rings. The number of aryl methyl sites for hydroxylation is 3. The van der Waals surface area contributed by atoms with E-state index in [2.05, 4.69) is 50.0 Å². The smallest absolute Gasteiger partial charge is 0.142 e. The average molecular weight is 291 g/mol. The molecule has 112 valence electrons. The van der Waals surface area contributed by atoms with Crippen LogP contribution in [0.1, 0.15) is 41.3 Å². The third-order valence-electron chi connectivity index (χ3n) is 4.60. The molecule has 1 aliphatic rings. The van der Waals surface area contributed by atoms with Crippen LogP contribution in [0.4, 0.5) is 5.82 Å². The van der Waals surface area contributed by atoms with Gasteiger partial charge in [-0.05, 0) is 55.7 Å². The van der Waals surface area contributed by atoms with E-state index in [0.717, 1.165) is 36.1 Å². The van der Waals surface area contributed by atoms with Gasteiger partial charge in [-0.3, -0.25) is 0 Å². The Bertz CT molecular complexity index is 784. The fourth-order valence-corrected chi connectivity index (χ4v) is 3.46. The molecule has 1 aromatic heterocycles. The van der Waals surface area contributed by atoms with Gasteiger partial charge in [0.25, 0.3) is 0 Å². The zero-order valence-corrected chi connectivity index (χ0v) is 13.4. The van der Waals surface area contributed by atoms with Crippen molar-refractivity contribution in [2.45, 2.75) is 40.0 Å². The molecular weight excluding hydrogens is 270 g/mol. The van der Waals surface area contributed by atoms with Crippen LogP contribution in [0.5, 0.6) is 0 Å². The Labute approximate surface area is 131 Å². The van der Waals surface area contributed by atoms with Crippen molar-refractivity contribution >= 4 is 5.82 Å². The Hall–Kier alpha value is -2.34. The summed E-state index contributed by atoms with van der Waals surface area (Å²) in [5.41, 5.74) is 13.4. The summed E-state index contributed by atoms with van der Waals surface area (Å²) < 4.78 is 0. The van der Waals surface area contributed by atoms with Gasteiger partial charge < -0.3 is 5.73 Å². The lowest BCUT2D eigenvalue weighted by molar-refractivity contribution is 0.495. The molecule has 0 amide bonds. The highest BCUT2D eigenvalue weighted by Crippen LogP contribution is 2.38. The number of fused-ring (bicyclic) bond motifs is 1. The van der Waals surface area contributed by atoms with Crippen molar-refractivity contribution in [2.24, 2.45) is 5.92 Å². The molecule has 2 N–H and O–H groups in total. The number of hydrogen-bond donors (Lipinski definition) is 1. The summed E-state index contributed by atoms with van der Waals surface area (Å²) >= 11 is 0. The van der Waals surface area contributed by atoms with Gasteiger partial charge in [-0.25, -0.2) is 4.98 Å². The van der Waals surface area contributed by atoms with Gasteiger partial charge >= 0.3 is 0 Å². The summed E-state index contributed by atoms with van der Waals surface area (Å²) in [6.07, 6.45) is 3.06. The Morgan fingerprint density at radius 2 is 2.09 bits per heavy atom. The van der Waals surface area contributed by atoms with Gasteiger partial charge in [-0.1, -0.05) is 30.7 Å². The van der Waals surface area contributed by atoms with Crippen LogP contribution in [-0.4, -0.2) is 4.98 Å². The van der Waals surface area contributed by atoms with E-state index in [1.807, 2.05) is 0 Å². The molecule has 2 aromatic rings. The van der Waals surface area contributed by atoms with E-state index in [1.165, 1.54) is 16.7 Å². The summed E-state index contributed by atoms with van der Waals surface area (Å²) in [5, 5.41) is 9.60. The number of hydrogen-bond acceptors (Lipinski definition) is 3. The van der Waals surface area contributed by atoms with Crippen molar-refractivity contribution in [2.75, 3.05) is 5.73 Å². The summed E-state index contributed by atoms with van der Waals surface area (Å²) in [6.45, 7) is 6.44. The number of rotatable bonds is 1. The molecule has 3 nitrogen and oxygen atoms in total. The standard InChI is InChI=1S/C19H21N3/c1-11-4-6-14(13(3)8-11)18-15-9-12(2)5-7-17(15)22-19(21)16(18)10-20/h4,6,8,12H,5,7,9H2,1-3H3,(H2,21,22). The summed E-state index contributed by atoms with van der Waals surface area (Å²) in [7, 11) is 0. The fourth-order valence-electron chi connectivity index (χ4n) is 3.46. The largest absolute Gasteiger partial charge is 0.383 e. The number of nitrogen functional groups attached to an aromatic ring is 1. The maximum atomic E-state index is 9.60. The normalized spacial score (nSPS) is 16.9. The summed E-state index contributed by atoms with van der Waals surface area (Å²) in [6, 6.07) is 8.65. The number of anilines is 1. The van der Waals surface area contributed by atoms with Crippen LogP contribution in [0, 0.1) is 31.1 Å². The first-order valence-electron chi connectivity index (χ1n) is 7.80. The number of nitriles is 1. The van der Waals surface area contributed by atoms with E-state index in [1.54, 1.807) is 0 Å². The van der Waals surface area contributed by atoms with Crippen molar-refractivity contribution in [3.05, 3.63) is 46.1 Å². The molecule has 3 heteroatoms. The SMILES string of the molecule is Cc1ccc(-c2c(C#N)c(N)nc3c2CC(C)CC3)c(C)c1. The van der Waals surface area contributed by atoms with Crippen LogP contribution >= 0.6 is 0 Å². The first-order chi connectivity index (χ1) is 10.5. The van der Waals surface area contributed by atoms with Gasteiger partial charge in [0.15, 0.2) is 0 Å². The van der Waals surface area contributed by atoms with Gasteiger partial charge in [0.05, 0.1) is 0 Å². The van der Waals surface area contributed by atoms with Crippen molar-refractivity contribution in [1.82, 2.24) is 4.98 Å². The third kappa shape index (κ3) is 2.35. The topological polar surface area (TPSA) is 62.7 Å². The van der Waals surface area contributed by atoms with Crippen molar-refractivity contribution in [1.29, 1.82) is 5.26 Å². The Balaban J connectivity index is 2.33. The lowest BCUT2D eigenvalue weighted by atomic mass is 9.81. The Kier molecular flexibility index (Phi) is 3.62. The molecule has 0 saturated carbocycles. The zero-order valence-electron chi connectivity index (χ0n) is 13.4. The third-order valence-corrected chi connectivity index (χ3v) is 4.60. The summed E-state index contributed by atoms with van der Waals surface area (Å²) in [5.74, 6) is 0.986. The predicted octanol–water partition coefficient (Wildman–Crippen LogP) is 3.94. The van der Waals surface area contributed by atoms with Crippen molar-refractivity contribution in [3.63, 3.8) is 0 Å². The minimum Gasteiger partial charge on any atom is -0.383 e. The van der Waals surface area contributed by atoms with Crippen LogP contribution in [0.2, 0.25) is 0 Å². The lowest BCUT2D eigenvalue weighted by Crippen LogP contribution is -2.17. The Morgan fingerprint density at radius 3 is 2.77 bits per heavy atom. The Morgan fingerprint density at radius 1 is 1.32 bits per heavy atom. The second kappa shape index (κ2) is 5.46. The molecule has 0 saturated heterocycles. The minimum absolute atomic E-state index is 0.366. The molecule has 22 heavy (non-hydrogen) atoms. The van der Waals surface area contributed by atoms with Crippen LogP contribution in [0.25, 0.3) is 11.1 Å². The van der Waals surface area contributed by atoms with E-state index in [0.29, 0.717) is 17.3 Å². The number of pyridine rings is 1. The second-order valence-electron chi connectivity index (χ2n) is 6.45. The van der Waals surface area contributed by atoms with E-state index < -0.39 is 0 Å². The highest BCUT2D eigenvalue weighted by molar-refractivity contribution is 5.81. The minimum atomic E-state index is 0.366. The first-order valence-corrected chi connectivity index (χ1v) is 7.80. The fraction of sp³-hybridized carbons (Fsp3) is 0.368. The van der Waals surface area contributed by atoms with E-state index in [-0.39, 0.29) is 0 Å². The van der Waals surface area contributed by atoms with Crippen molar-refractivity contribution < 1.29 is 0 Å². The maximum absolute atomic E-state index is 9.60. The molecule has 0 spiro atoms. The lowest BCUT2D eigenvalue weighted by Gasteiger charge is -2.25. The number of nitrogens with two attached hydrogens (primary N) is 1. The van der Waals surface area contributed by atoms with Crippen LogP contribution in [0.3, 0.4) is 0 Å². The molecule has 1 heterocycles. The highest BCUT2D eigenvalue weighted by Gasteiger charge is 2.25. The van der Waals surface area contributed by atoms with Gasteiger partial charge in [0, 0.05) is 11.3 Å². The van der Waals surface area contributed by atoms with Gasteiger partial charge in [-0.2, -0.15) is 5.26 Å². The average Bonchev–Trinajstić information content (AvgIpc) is 2.47. The molecule has 1 aliphatic carbocycles. The first kappa shape index (κ1) is 14.6. The highest BCUT2D eigenvalue weighted by atomic mass is 14.9. The van der Waals surface area contributed by atoms with Gasteiger partial charge in [0.1, 0.15) is 17.5 Å². The molecule has 0 aliphatic heterocycles. The number of benzene rings is 1. The van der Waals surface area contributed by atoms with Crippen LogP contribution in [-0.2, 0) is 12.8 Å². The monoisotopic (exact) mass is 291 g/mol. The van der Waals surface area contributed by atoms with E-state index in [4.69, 9.17) is 5.73 Å². The molecular formula is C19H21N3. The van der Waals surface area contributed by atoms with Crippen LogP contribution in [0.15, 0.2) is 18.2 Å². The molecule has 3 rings (SSSR count). The van der Waals surface area contributed by atoms with Gasteiger partial charge in [0.2, 0.25) is 0 Å². The molecule has 1 unspecified atom stereocenters.